The molecule has 10 heteroatoms. The highest BCUT2D eigenvalue weighted by molar-refractivity contribution is 5.76. The molecule has 3 aliphatic rings. The molecule has 6 rings (SSSR count). The molecule has 3 aromatic rings. The molecular weight excluding hydrogens is 418 g/mol. The summed E-state index contributed by atoms with van der Waals surface area (Å²) < 4.78 is 3.52. The van der Waals surface area contributed by atoms with E-state index in [2.05, 4.69) is 38.4 Å². The fraction of sp³-hybridized carbons (Fsp3) is 0.565. The summed E-state index contributed by atoms with van der Waals surface area (Å²) in [6.45, 7) is 5.84. The normalized spacial score (nSPS) is 23.4. The summed E-state index contributed by atoms with van der Waals surface area (Å²) in [6, 6.07) is 4.19. The number of rotatable bonds is 5. The Morgan fingerprint density at radius 1 is 1.15 bits per heavy atom. The lowest BCUT2D eigenvalue weighted by atomic mass is 9.98. The highest BCUT2D eigenvalue weighted by Crippen LogP contribution is 2.39. The van der Waals surface area contributed by atoms with Crippen LogP contribution in [0.4, 0.5) is 17.3 Å². The van der Waals surface area contributed by atoms with Gasteiger partial charge in [0.25, 0.3) is 0 Å². The Morgan fingerprint density at radius 2 is 1.94 bits per heavy atom. The van der Waals surface area contributed by atoms with Crippen LogP contribution in [0.15, 0.2) is 30.7 Å². The Balaban J connectivity index is 1.14. The van der Waals surface area contributed by atoms with Crippen molar-refractivity contribution in [2.24, 2.45) is 11.8 Å². The maximum absolute atomic E-state index is 12.6. The van der Waals surface area contributed by atoms with Crippen molar-refractivity contribution in [1.29, 1.82) is 0 Å². The van der Waals surface area contributed by atoms with E-state index in [-0.39, 0.29) is 12.5 Å². The van der Waals surface area contributed by atoms with Crippen molar-refractivity contribution >= 4 is 28.9 Å². The van der Waals surface area contributed by atoms with E-state index in [1.165, 1.54) is 19.3 Å². The SMILES string of the molecule is CN1CCN(C(=O)Cn2cc(Nc3nc4c(N5C[C@@H]6CC[C@@H](C6)C5)cccn4n3)cn2)CC1. The number of hydrogen-bond donors (Lipinski definition) is 1. The second-order valence-electron chi connectivity index (χ2n) is 9.78. The number of piperazine rings is 1. The molecule has 0 aromatic carbocycles. The van der Waals surface area contributed by atoms with Gasteiger partial charge in [0.05, 0.1) is 17.6 Å². The summed E-state index contributed by atoms with van der Waals surface area (Å²) in [5.74, 6) is 2.25. The zero-order valence-corrected chi connectivity index (χ0v) is 19.1. The van der Waals surface area contributed by atoms with Crippen molar-refractivity contribution in [3.63, 3.8) is 0 Å². The fourth-order valence-electron chi connectivity index (χ4n) is 5.53. The van der Waals surface area contributed by atoms with E-state index >= 15 is 0 Å². The smallest absolute Gasteiger partial charge is 0.247 e. The van der Waals surface area contributed by atoms with Crippen LogP contribution in [0.5, 0.6) is 0 Å². The van der Waals surface area contributed by atoms with E-state index in [4.69, 9.17) is 4.98 Å². The zero-order chi connectivity index (χ0) is 22.4. The molecule has 3 fully saturated rings. The lowest BCUT2D eigenvalue weighted by molar-refractivity contribution is -0.133. The molecule has 0 spiro atoms. The molecule has 5 heterocycles. The lowest BCUT2D eigenvalue weighted by Crippen LogP contribution is -2.48. The molecule has 10 nitrogen and oxygen atoms in total. The van der Waals surface area contributed by atoms with Crippen LogP contribution >= 0.6 is 0 Å². The summed E-state index contributed by atoms with van der Waals surface area (Å²) >= 11 is 0. The summed E-state index contributed by atoms with van der Waals surface area (Å²) in [6.07, 6.45) is 9.57. The molecule has 1 aliphatic carbocycles. The van der Waals surface area contributed by atoms with Crippen LogP contribution in [0.2, 0.25) is 0 Å². The first-order chi connectivity index (χ1) is 16.1. The Morgan fingerprint density at radius 3 is 2.73 bits per heavy atom. The van der Waals surface area contributed by atoms with E-state index in [0.717, 1.165) is 68.1 Å². The number of carbonyl (C=O) groups is 1. The number of nitrogens with zero attached hydrogens (tertiary/aromatic N) is 8. The summed E-state index contributed by atoms with van der Waals surface area (Å²) in [4.78, 5) is 24.0. The number of likely N-dealkylation sites (N-methyl/N-ethyl adjacent to an activating group) is 1. The summed E-state index contributed by atoms with van der Waals surface area (Å²) in [7, 11) is 2.08. The van der Waals surface area contributed by atoms with Gasteiger partial charge in [0, 0.05) is 51.7 Å². The van der Waals surface area contributed by atoms with Gasteiger partial charge in [-0.3, -0.25) is 9.48 Å². The number of pyridine rings is 1. The average Bonchev–Trinajstić information content (AvgIpc) is 3.52. The number of nitrogens with one attached hydrogen (secondary N) is 1. The molecule has 0 radical (unpaired) electrons. The van der Waals surface area contributed by atoms with Crippen LogP contribution in [0.25, 0.3) is 5.65 Å². The molecule has 0 unspecified atom stereocenters. The molecule has 1 amide bonds. The second kappa shape index (κ2) is 8.33. The van der Waals surface area contributed by atoms with Gasteiger partial charge in [0.1, 0.15) is 6.54 Å². The van der Waals surface area contributed by atoms with Gasteiger partial charge in [-0.2, -0.15) is 10.1 Å². The topological polar surface area (TPSA) is 86.8 Å². The van der Waals surface area contributed by atoms with Crippen LogP contribution < -0.4 is 10.2 Å². The number of amides is 1. The average molecular weight is 450 g/mol. The molecule has 1 N–H and O–H groups in total. The Kier molecular flexibility index (Phi) is 5.17. The van der Waals surface area contributed by atoms with Gasteiger partial charge < -0.3 is 20.0 Å². The minimum absolute atomic E-state index is 0.101. The number of fused-ring (bicyclic) bond motifs is 3. The molecular formula is C23H31N9O. The van der Waals surface area contributed by atoms with Gasteiger partial charge in [-0.05, 0) is 50.3 Å². The second-order valence-corrected chi connectivity index (χ2v) is 9.78. The van der Waals surface area contributed by atoms with Crippen LogP contribution in [0, 0.1) is 11.8 Å². The number of anilines is 3. The largest absolute Gasteiger partial charge is 0.368 e. The van der Waals surface area contributed by atoms with Gasteiger partial charge in [0.15, 0.2) is 5.65 Å². The third-order valence-corrected chi connectivity index (χ3v) is 7.33. The molecule has 174 valence electrons. The minimum atomic E-state index is 0.101. The number of hydrogen-bond acceptors (Lipinski definition) is 7. The van der Waals surface area contributed by atoms with Gasteiger partial charge >= 0.3 is 0 Å². The third kappa shape index (κ3) is 4.15. The van der Waals surface area contributed by atoms with Crippen molar-refractivity contribution < 1.29 is 4.79 Å². The van der Waals surface area contributed by atoms with E-state index in [9.17, 15) is 4.79 Å². The number of aromatic nitrogens is 5. The molecule has 3 aromatic heterocycles. The monoisotopic (exact) mass is 449 g/mol. The van der Waals surface area contributed by atoms with Crippen LogP contribution in [0.1, 0.15) is 19.3 Å². The lowest BCUT2D eigenvalue weighted by Gasteiger charge is -2.33. The maximum Gasteiger partial charge on any atom is 0.247 e. The Labute approximate surface area is 193 Å². The quantitative estimate of drug-likeness (QED) is 0.634. The Hall–Kier alpha value is -3.14. The first kappa shape index (κ1) is 20.5. The summed E-state index contributed by atoms with van der Waals surface area (Å²) in [5.41, 5.74) is 2.80. The van der Waals surface area contributed by atoms with Gasteiger partial charge in [-0.1, -0.05) is 0 Å². The number of piperidine rings is 1. The molecule has 33 heavy (non-hydrogen) atoms. The molecule has 2 atom stereocenters. The number of carbonyl (C=O) groups excluding carboxylic acids is 1. The molecule has 2 saturated heterocycles. The highest BCUT2D eigenvalue weighted by atomic mass is 16.2. The first-order valence-corrected chi connectivity index (χ1v) is 12.0. The minimum Gasteiger partial charge on any atom is -0.368 e. The van der Waals surface area contributed by atoms with Gasteiger partial charge in [0.2, 0.25) is 11.9 Å². The zero-order valence-electron chi connectivity index (χ0n) is 19.1. The molecule has 2 aliphatic heterocycles. The molecule has 1 saturated carbocycles. The van der Waals surface area contributed by atoms with Gasteiger partial charge in [-0.25, -0.2) is 4.52 Å². The van der Waals surface area contributed by atoms with Crippen LogP contribution in [0.3, 0.4) is 0 Å². The predicted octanol–water partition coefficient (Wildman–Crippen LogP) is 1.68. The van der Waals surface area contributed by atoms with Crippen LogP contribution in [-0.2, 0) is 11.3 Å². The Bertz CT molecular complexity index is 1130. The van der Waals surface area contributed by atoms with Crippen molar-refractivity contribution in [3.05, 3.63) is 30.7 Å². The van der Waals surface area contributed by atoms with E-state index in [0.29, 0.717) is 5.95 Å². The third-order valence-electron chi connectivity index (χ3n) is 7.33. The standard InChI is InChI=1S/C23H31N9O/c1-28-7-9-29(10-8-28)21(33)16-31-15-19(12-24-31)25-23-26-22-20(3-2-6-32(22)27-23)30-13-17-4-5-18(11-17)14-30/h2-3,6,12,15,17-18H,4-5,7-11,13-14,16H2,1H3,(H,25,27)/t17-,18+. The van der Waals surface area contributed by atoms with Crippen molar-refractivity contribution in [3.8, 4) is 0 Å². The van der Waals surface area contributed by atoms with Crippen LogP contribution in [-0.4, -0.2) is 86.4 Å². The van der Waals surface area contributed by atoms with Crippen molar-refractivity contribution in [2.75, 3.05) is 56.5 Å². The van der Waals surface area contributed by atoms with Gasteiger partial charge in [-0.15, -0.1) is 5.10 Å². The molecule has 2 bridgehead atoms. The van der Waals surface area contributed by atoms with Crippen molar-refractivity contribution in [2.45, 2.75) is 25.8 Å². The highest BCUT2D eigenvalue weighted by Gasteiger charge is 2.33. The van der Waals surface area contributed by atoms with E-state index in [1.54, 1.807) is 10.9 Å². The van der Waals surface area contributed by atoms with Crippen molar-refractivity contribution in [1.82, 2.24) is 34.2 Å². The van der Waals surface area contributed by atoms with E-state index < -0.39 is 0 Å². The summed E-state index contributed by atoms with van der Waals surface area (Å²) in [5, 5.41) is 12.2. The first-order valence-electron chi connectivity index (χ1n) is 12.0. The fourth-order valence-corrected chi connectivity index (χ4v) is 5.53. The van der Waals surface area contributed by atoms with E-state index in [1.807, 2.05) is 27.9 Å². The maximum atomic E-state index is 12.6. The predicted molar refractivity (Wildman–Crippen MR) is 126 cm³/mol.